The number of benzene rings is 1. The second kappa shape index (κ2) is 9.05. The molecular formula is C20H21N3O6. The highest BCUT2D eigenvalue weighted by Gasteiger charge is 2.31. The predicted molar refractivity (Wildman–Crippen MR) is 102 cm³/mol. The lowest BCUT2D eigenvalue weighted by Gasteiger charge is -2.33. The van der Waals surface area contributed by atoms with E-state index in [1.54, 1.807) is 6.07 Å². The third-order valence-electron chi connectivity index (χ3n) is 4.60. The number of esters is 1. The van der Waals surface area contributed by atoms with Crippen molar-refractivity contribution in [3.8, 4) is 0 Å². The van der Waals surface area contributed by atoms with Gasteiger partial charge in [0.05, 0.1) is 11.8 Å². The van der Waals surface area contributed by atoms with Crippen molar-refractivity contribution in [3.05, 3.63) is 54.0 Å². The fourth-order valence-corrected chi connectivity index (χ4v) is 3.11. The Morgan fingerprint density at radius 3 is 2.55 bits per heavy atom. The van der Waals surface area contributed by atoms with Crippen LogP contribution in [0.1, 0.15) is 40.2 Å². The first kappa shape index (κ1) is 20.1. The molecule has 2 aromatic rings. The standard InChI is InChI=1S/C20H21N3O6/c21-18(25)15-4-1-2-10-23(15)17(24)12-29-20(27)13-6-8-14(9-7-13)22-19(26)16-5-3-11-28-16/h3,5-9,11,15H,1-2,4,10,12H2,(H2,21,25)(H,22,26)/t15-/m1/s1. The number of nitrogens with two attached hydrogens (primary N) is 1. The summed E-state index contributed by atoms with van der Waals surface area (Å²) < 4.78 is 10.1. The Hall–Kier alpha value is -3.62. The number of hydrogen-bond donors (Lipinski definition) is 2. The maximum atomic E-state index is 12.3. The maximum absolute atomic E-state index is 12.3. The first-order chi connectivity index (χ1) is 14.0. The summed E-state index contributed by atoms with van der Waals surface area (Å²) in [4.78, 5) is 49.3. The topological polar surface area (TPSA) is 132 Å². The minimum absolute atomic E-state index is 0.166. The number of likely N-dealkylation sites (tertiary alicyclic amines) is 1. The Kier molecular flexibility index (Phi) is 6.28. The van der Waals surface area contributed by atoms with E-state index in [1.807, 2.05) is 0 Å². The molecule has 1 fully saturated rings. The first-order valence-electron chi connectivity index (χ1n) is 9.16. The lowest BCUT2D eigenvalue weighted by atomic mass is 10.0. The third-order valence-corrected chi connectivity index (χ3v) is 4.60. The molecule has 0 radical (unpaired) electrons. The molecule has 0 aliphatic carbocycles. The molecule has 0 saturated carbocycles. The van der Waals surface area contributed by atoms with E-state index in [0.717, 1.165) is 12.8 Å². The second-order valence-corrected chi connectivity index (χ2v) is 6.59. The van der Waals surface area contributed by atoms with E-state index in [-0.39, 0.29) is 11.3 Å². The van der Waals surface area contributed by atoms with Crippen molar-refractivity contribution >= 4 is 29.4 Å². The molecule has 1 aromatic heterocycles. The van der Waals surface area contributed by atoms with Gasteiger partial charge in [0.1, 0.15) is 6.04 Å². The number of ether oxygens (including phenoxy) is 1. The van der Waals surface area contributed by atoms with E-state index in [2.05, 4.69) is 5.32 Å². The van der Waals surface area contributed by atoms with Crippen LogP contribution in [0.2, 0.25) is 0 Å². The van der Waals surface area contributed by atoms with Gasteiger partial charge in [0, 0.05) is 12.2 Å². The van der Waals surface area contributed by atoms with Gasteiger partial charge >= 0.3 is 5.97 Å². The second-order valence-electron chi connectivity index (χ2n) is 6.59. The third kappa shape index (κ3) is 5.01. The molecule has 9 nitrogen and oxygen atoms in total. The Morgan fingerprint density at radius 1 is 1.14 bits per heavy atom. The molecule has 1 atom stereocenters. The highest BCUT2D eigenvalue weighted by molar-refractivity contribution is 6.02. The molecule has 0 unspecified atom stereocenters. The van der Waals surface area contributed by atoms with Crippen LogP contribution in [0.3, 0.4) is 0 Å². The molecule has 3 N–H and O–H groups in total. The lowest BCUT2D eigenvalue weighted by Crippen LogP contribution is -2.51. The van der Waals surface area contributed by atoms with Gasteiger partial charge in [0.15, 0.2) is 12.4 Å². The van der Waals surface area contributed by atoms with Crippen molar-refractivity contribution in [2.75, 3.05) is 18.5 Å². The fourth-order valence-electron chi connectivity index (χ4n) is 3.11. The zero-order valence-electron chi connectivity index (χ0n) is 15.6. The molecule has 3 rings (SSSR count). The van der Waals surface area contributed by atoms with Crippen LogP contribution < -0.4 is 11.1 Å². The van der Waals surface area contributed by atoms with E-state index < -0.39 is 36.3 Å². The van der Waals surface area contributed by atoms with Gasteiger partial charge in [-0.05, 0) is 55.7 Å². The quantitative estimate of drug-likeness (QED) is 0.709. The van der Waals surface area contributed by atoms with Gasteiger partial charge in [-0.2, -0.15) is 0 Å². The molecule has 1 aliphatic heterocycles. The summed E-state index contributed by atoms with van der Waals surface area (Å²) in [6.45, 7) is -0.0619. The number of piperidine rings is 1. The summed E-state index contributed by atoms with van der Waals surface area (Å²) in [7, 11) is 0. The van der Waals surface area contributed by atoms with Gasteiger partial charge in [0.2, 0.25) is 5.91 Å². The van der Waals surface area contributed by atoms with E-state index >= 15 is 0 Å². The van der Waals surface area contributed by atoms with Crippen LogP contribution in [0.4, 0.5) is 5.69 Å². The van der Waals surface area contributed by atoms with Crippen LogP contribution >= 0.6 is 0 Å². The van der Waals surface area contributed by atoms with Crippen LogP contribution in [0.25, 0.3) is 0 Å². The number of anilines is 1. The molecule has 152 valence electrons. The molecule has 1 aliphatic rings. The van der Waals surface area contributed by atoms with Crippen molar-refractivity contribution in [2.45, 2.75) is 25.3 Å². The number of carbonyl (C=O) groups excluding carboxylic acids is 4. The highest BCUT2D eigenvalue weighted by atomic mass is 16.5. The van der Waals surface area contributed by atoms with Crippen LogP contribution in [0.5, 0.6) is 0 Å². The Labute approximate surface area is 166 Å². The zero-order valence-corrected chi connectivity index (χ0v) is 15.6. The number of furan rings is 1. The van der Waals surface area contributed by atoms with Gasteiger partial charge < -0.3 is 25.1 Å². The summed E-state index contributed by atoms with van der Waals surface area (Å²) in [5.41, 5.74) is 6.04. The van der Waals surface area contributed by atoms with Crippen molar-refractivity contribution in [1.29, 1.82) is 0 Å². The van der Waals surface area contributed by atoms with Crippen molar-refractivity contribution in [1.82, 2.24) is 4.90 Å². The van der Waals surface area contributed by atoms with Crippen LogP contribution in [0, 0.1) is 0 Å². The predicted octanol–water partition coefficient (Wildman–Crippen LogP) is 1.56. The summed E-state index contributed by atoms with van der Waals surface area (Å²) in [6, 6.07) is 8.48. The minimum Gasteiger partial charge on any atom is -0.459 e. The first-order valence-corrected chi connectivity index (χ1v) is 9.16. The smallest absolute Gasteiger partial charge is 0.338 e. The fraction of sp³-hybridized carbons (Fsp3) is 0.300. The Bertz CT molecular complexity index is 891. The summed E-state index contributed by atoms with van der Waals surface area (Å²) in [6.07, 6.45) is 3.50. The number of nitrogens with one attached hydrogen (secondary N) is 1. The Balaban J connectivity index is 1.53. The monoisotopic (exact) mass is 399 g/mol. The van der Waals surface area contributed by atoms with Gasteiger partial charge in [-0.1, -0.05) is 0 Å². The van der Waals surface area contributed by atoms with Crippen LogP contribution in [-0.4, -0.2) is 47.8 Å². The molecule has 0 spiro atoms. The molecule has 1 aromatic carbocycles. The highest BCUT2D eigenvalue weighted by Crippen LogP contribution is 2.17. The van der Waals surface area contributed by atoms with E-state index in [0.29, 0.717) is 18.7 Å². The van der Waals surface area contributed by atoms with Crippen LogP contribution in [0.15, 0.2) is 47.1 Å². The molecule has 2 heterocycles. The minimum atomic E-state index is -0.685. The average molecular weight is 399 g/mol. The Morgan fingerprint density at radius 2 is 1.90 bits per heavy atom. The van der Waals surface area contributed by atoms with Gasteiger partial charge in [0.25, 0.3) is 11.8 Å². The maximum Gasteiger partial charge on any atom is 0.338 e. The molecule has 1 saturated heterocycles. The van der Waals surface area contributed by atoms with Crippen molar-refractivity contribution in [2.24, 2.45) is 5.73 Å². The molecule has 3 amide bonds. The number of rotatable bonds is 6. The van der Waals surface area contributed by atoms with E-state index in [9.17, 15) is 19.2 Å². The van der Waals surface area contributed by atoms with E-state index in [4.69, 9.17) is 14.9 Å². The van der Waals surface area contributed by atoms with Gasteiger partial charge in [-0.25, -0.2) is 4.79 Å². The SMILES string of the molecule is NC(=O)[C@H]1CCCCN1C(=O)COC(=O)c1ccc(NC(=O)c2ccco2)cc1. The summed E-state index contributed by atoms with van der Waals surface area (Å²) >= 11 is 0. The molecule has 0 bridgehead atoms. The van der Waals surface area contributed by atoms with Crippen molar-refractivity contribution < 1.29 is 28.3 Å². The number of primary amides is 1. The average Bonchev–Trinajstić information content (AvgIpc) is 3.27. The molecular weight excluding hydrogens is 378 g/mol. The number of hydrogen-bond acceptors (Lipinski definition) is 6. The van der Waals surface area contributed by atoms with Crippen molar-refractivity contribution in [3.63, 3.8) is 0 Å². The molecule has 9 heteroatoms. The summed E-state index contributed by atoms with van der Waals surface area (Å²) in [5, 5.41) is 2.63. The lowest BCUT2D eigenvalue weighted by molar-refractivity contribution is -0.143. The number of nitrogens with zero attached hydrogens (tertiary/aromatic N) is 1. The zero-order chi connectivity index (χ0) is 20.8. The number of carbonyl (C=O) groups is 4. The van der Waals surface area contributed by atoms with Gasteiger partial charge in [-0.3, -0.25) is 14.4 Å². The largest absolute Gasteiger partial charge is 0.459 e. The van der Waals surface area contributed by atoms with Gasteiger partial charge in [-0.15, -0.1) is 0 Å². The summed E-state index contributed by atoms with van der Waals surface area (Å²) in [5.74, 6) is -1.95. The number of amides is 3. The normalized spacial score (nSPS) is 16.1. The van der Waals surface area contributed by atoms with E-state index in [1.165, 1.54) is 41.5 Å². The molecule has 29 heavy (non-hydrogen) atoms. The van der Waals surface area contributed by atoms with Crippen LogP contribution in [-0.2, 0) is 14.3 Å².